The molecule has 0 aliphatic heterocycles. The van der Waals surface area contributed by atoms with Crippen molar-refractivity contribution in [2.75, 3.05) is 31.6 Å². The summed E-state index contributed by atoms with van der Waals surface area (Å²) >= 11 is 0. The highest BCUT2D eigenvalue weighted by Gasteiger charge is 2.34. The standard InChI is InChI=1S/C36H41N3O6S/c1-4-5-23-37-36(41)34(25-28-13-8-6-9-14-28)38(26-29-15-12-18-32(24-29)45-3)35(40)27-39(30-16-10-7-11-17-30)46(42,43)33-21-19-31(44-2)20-22-33/h6-22,24,34H,4-5,23,25-27H2,1-3H3,(H,37,41). The maximum absolute atomic E-state index is 14.5. The lowest BCUT2D eigenvalue weighted by atomic mass is 10.0. The first kappa shape index (κ1) is 34.1. The van der Waals surface area contributed by atoms with E-state index < -0.39 is 28.5 Å². The Hall–Kier alpha value is -4.83. The van der Waals surface area contributed by atoms with Crippen LogP contribution >= 0.6 is 0 Å². The molecular weight excluding hydrogens is 602 g/mol. The molecule has 4 aromatic rings. The molecule has 0 saturated carbocycles. The van der Waals surface area contributed by atoms with E-state index in [-0.39, 0.29) is 23.8 Å². The summed E-state index contributed by atoms with van der Waals surface area (Å²) in [5.74, 6) is 0.265. The van der Waals surface area contributed by atoms with Crippen LogP contribution in [0.3, 0.4) is 0 Å². The summed E-state index contributed by atoms with van der Waals surface area (Å²) in [7, 11) is -1.15. The fourth-order valence-corrected chi connectivity index (χ4v) is 6.44. The highest BCUT2D eigenvalue weighted by Crippen LogP contribution is 2.26. The Labute approximate surface area is 271 Å². The van der Waals surface area contributed by atoms with Gasteiger partial charge in [-0.3, -0.25) is 13.9 Å². The largest absolute Gasteiger partial charge is 0.497 e. The SMILES string of the molecule is CCCCNC(=O)C(Cc1ccccc1)N(Cc1cccc(OC)c1)C(=O)CN(c1ccccc1)S(=O)(=O)c1ccc(OC)cc1. The molecule has 4 aromatic carbocycles. The van der Waals surface area contributed by atoms with Crippen LogP contribution in [0.2, 0.25) is 0 Å². The number of nitrogens with zero attached hydrogens (tertiary/aromatic N) is 2. The van der Waals surface area contributed by atoms with Gasteiger partial charge >= 0.3 is 0 Å². The van der Waals surface area contributed by atoms with Crippen LogP contribution in [0.15, 0.2) is 114 Å². The van der Waals surface area contributed by atoms with Gasteiger partial charge in [-0.1, -0.05) is 74.0 Å². The highest BCUT2D eigenvalue weighted by molar-refractivity contribution is 7.92. The number of ether oxygens (including phenoxy) is 2. The summed E-state index contributed by atoms with van der Waals surface area (Å²) in [5, 5.41) is 3.00. The number of amides is 2. The van der Waals surface area contributed by atoms with E-state index in [1.165, 1.54) is 24.1 Å². The number of methoxy groups -OCH3 is 2. The minimum Gasteiger partial charge on any atom is -0.497 e. The lowest BCUT2D eigenvalue weighted by Gasteiger charge is -2.34. The molecule has 0 bridgehead atoms. The Morgan fingerprint density at radius 2 is 1.41 bits per heavy atom. The monoisotopic (exact) mass is 643 g/mol. The van der Waals surface area contributed by atoms with Gasteiger partial charge in [0, 0.05) is 19.5 Å². The van der Waals surface area contributed by atoms with Crippen LogP contribution in [0.4, 0.5) is 5.69 Å². The number of carbonyl (C=O) groups is 2. The van der Waals surface area contributed by atoms with Gasteiger partial charge in [-0.15, -0.1) is 0 Å². The number of sulfonamides is 1. The van der Waals surface area contributed by atoms with E-state index >= 15 is 0 Å². The highest BCUT2D eigenvalue weighted by atomic mass is 32.2. The van der Waals surface area contributed by atoms with Crippen molar-refractivity contribution in [2.45, 2.75) is 43.7 Å². The van der Waals surface area contributed by atoms with Crippen molar-refractivity contribution in [3.8, 4) is 11.5 Å². The Bertz CT molecular complexity index is 1670. The molecule has 1 unspecified atom stereocenters. The molecule has 242 valence electrons. The second-order valence-corrected chi connectivity index (χ2v) is 12.6. The van der Waals surface area contributed by atoms with Crippen LogP contribution in [0.25, 0.3) is 0 Å². The van der Waals surface area contributed by atoms with E-state index in [0.29, 0.717) is 23.7 Å². The molecule has 2 amide bonds. The summed E-state index contributed by atoms with van der Waals surface area (Å²) in [6.45, 7) is 2.02. The van der Waals surface area contributed by atoms with E-state index in [1.54, 1.807) is 61.7 Å². The minimum absolute atomic E-state index is 0.00226. The zero-order valence-corrected chi connectivity index (χ0v) is 27.3. The third-order valence-corrected chi connectivity index (χ3v) is 9.35. The van der Waals surface area contributed by atoms with Gasteiger partial charge in [0.25, 0.3) is 10.0 Å². The molecule has 0 fully saturated rings. The smallest absolute Gasteiger partial charge is 0.264 e. The Morgan fingerprint density at radius 1 is 0.783 bits per heavy atom. The molecule has 0 aliphatic rings. The molecule has 0 aromatic heterocycles. The summed E-state index contributed by atoms with van der Waals surface area (Å²) in [6.07, 6.45) is 1.92. The number of carbonyl (C=O) groups excluding carboxylic acids is 2. The predicted molar refractivity (Wildman–Crippen MR) is 179 cm³/mol. The molecule has 4 rings (SSSR count). The third-order valence-electron chi connectivity index (χ3n) is 7.56. The molecule has 0 saturated heterocycles. The third kappa shape index (κ3) is 8.88. The Morgan fingerprint density at radius 3 is 2.04 bits per heavy atom. The van der Waals surface area contributed by atoms with Crippen molar-refractivity contribution < 1.29 is 27.5 Å². The van der Waals surface area contributed by atoms with Crippen molar-refractivity contribution in [3.05, 3.63) is 120 Å². The summed E-state index contributed by atoms with van der Waals surface area (Å²) < 4.78 is 40.0. The second-order valence-electron chi connectivity index (χ2n) is 10.7. The van der Waals surface area contributed by atoms with Gasteiger partial charge < -0.3 is 19.7 Å². The maximum atomic E-state index is 14.5. The number of nitrogens with one attached hydrogen (secondary N) is 1. The Balaban J connectivity index is 1.78. The van der Waals surface area contributed by atoms with Crippen molar-refractivity contribution in [1.82, 2.24) is 10.2 Å². The maximum Gasteiger partial charge on any atom is 0.264 e. The Kier molecular flexibility index (Phi) is 12.2. The summed E-state index contributed by atoms with van der Waals surface area (Å²) in [5.41, 5.74) is 1.92. The zero-order chi connectivity index (χ0) is 32.9. The summed E-state index contributed by atoms with van der Waals surface area (Å²) in [6, 6.07) is 30.3. The molecule has 46 heavy (non-hydrogen) atoms. The molecular formula is C36H41N3O6S. The van der Waals surface area contributed by atoms with Crippen LogP contribution < -0.4 is 19.1 Å². The number of anilines is 1. The van der Waals surface area contributed by atoms with Crippen LogP contribution in [0.1, 0.15) is 30.9 Å². The molecule has 0 radical (unpaired) electrons. The van der Waals surface area contributed by atoms with Gasteiger partial charge in [0.2, 0.25) is 11.8 Å². The molecule has 10 heteroatoms. The second kappa shape index (κ2) is 16.5. The number of hydrogen-bond donors (Lipinski definition) is 1. The van der Waals surface area contributed by atoms with E-state index in [1.807, 2.05) is 49.4 Å². The normalized spacial score (nSPS) is 11.7. The van der Waals surface area contributed by atoms with E-state index in [4.69, 9.17) is 9.47 Å². The van der Waals surface area contributed by atoms with Gasteiger partial charge in [0.05, 0.1) is 24.8 Å². The predicted octanol–water partition coefficient (Wildman–Crippen LogP) is 5.46. The fourth-order valence-electron chi connectivity index (χ4n) is 5.03. The fraction of sp³-hybridized carbons (Fsp3) is 0.278. The first-order chi connectivity index (χ1) is 22.3. The molecule has 0 spiro atoms. The van der Waals surface area contributed by atoms with Crippen LogP contribution in [-0.2, 0) is 32.6 Å². The van der Waals surface area contributed by atoms with Gasteiger partial charge in [-0.05, 0) is 66.1 Å². The first-order valence-electron chi connectivity index (χ1n) is 15.2. The van der Waals surface area contributed by atoms with Crippen LogP contribution in [-0.4, -0.2) is 58.5 Å². The average Bonchev–Trinajstić information content (AvgIpc) is 3.09. The van der Waals surface area contributed by atoms with Gasteiger partial charge in [0.1, 0.15) is 24.1 Å². The molecule has 0 aliphatic carbocycles. The zero-order valence-electron chi connectivity index (χ0n) is 26.5. The van der Waals surface area contributed by atoms with E-state index in [9.17, 15) is 18.0 Å². The number of para-hydroxylation sites is 1. The lowest BCUT2D eigenvalue weighted by Crippen LogP contribution is -2.53. The van der Waals surface area contributed by atoms with Crippen molar-refractivity contribution >= 4 is 27.5 Å². The van der Waals surface area contributed by atoms with Crippen LogP contribution in [0.5, 0.6) is 11.5 Å². The number of unbranched alkanes of at least 4 members (excludes halogenated alkanes) is 1. The van der Waals surface area contributed by atoms with Crippen molar-refractivity contribution in [2.24, 2.45) is 0 Å². The van der Waals surface area contributed by atoms with Crippen molar-refractivity contribution in [3.63, 3.8) is 0 Å². The van der Waals surface area contributed by atoms with E-state index in [0.717, 1.165) is 28.3 Å². The van der Waals surface area contributed by atoms with Crippen molar-refractivity contribution in [1.29, 1.82) is 0 Å². The molecule has 9 nitrogen and oxygen atoms in total. The lowest BCUT2D eigenvalue weighted by molar-refractivity contribution is -0.140. The van der Waals surface area contributed by atoms with Crippen LogP contribution in [0, 0.1) is 0 Å². The summed E-state index contributed by atoms with van der Waals surface area (Å²) in [4.78, 5) is 29.8. The van der Waals surface area contributed by atoms with Gasteiger partial charge in [-0.2, -0.15) is 0 Å². The van der Waals surface area contributed by atoms with Gasteiger partial charge in [0.15, 0.2) is 0 Å². The number of rotatable bonds is 16. The molecule has 1 atom stereocenters. The minimum atomic E-state index is -4.20. The molecule has 1 N–H and O–H groups in total. The van der Waals surface area contributed by atoms with E-state index in [2.05, 4.69) is 5.32 Å². The number of benzene rings is 4. The van der Waals surface area contributed by atoms with Gasteiger partial charge in [-0.25, -0.2) is 8.42 Å². The first-order valence-corrected chi connectivity index (χ1v) is 16.7. The topological polar surface area (TPSA) is 105 Å². The number of hydrogen-bond acceptors (Lipinski definition) is 6. The quantitative estimate of drug-likeness (QED) is 0.163. The average molecular weight is 644 g/mol. The molecule has 0 heterocycles.